The average molecular weight is 325 g/mol. The molecule has 1 aliphatic heterocycles. The van der Waals surface area contributed by atoms with E-state index in [1.807, 2.05) is 0 Å². The van der Waals surface area contributed by atoms with Crippen LogP contribution in [0.4, 0.5) is 5.69 Å². The van der Waals surface area contributed by atoms with Crippen LogP contribution in [0.2, 0.25) is 0 Å². The first-order valence-corrected chi connectivity index (χ1v) is 8.45. The first kappa shape index (κ1) is 15.1. The molecule has 124 valence electrons. The van der Waals surface area contributed by atoms with Crippen LogP contribution < -0.4 is 4.90 Å². The van der Waals surface area contributed by atoms with Gasteiger partial charge in [0, 0.05) is 0 Å². The molecule has 24 heavy (non-hydrogen) atoms. The molecule has 2 amide bonds. The van der Waals surface area contributed by atoms with E-state index in [-0.39, 0.29) is 35.5 Å². The second kappa shape index (κ2) is 5.58. The van der Waals surface area contributed by atoms with E-state index in [4.69, 9.17) is 4.74 Å². The lowest BCUT2D eigenvalue weighted by atomic mass is 9.63. The summed E-state index contributed by atoms with van der Waals surface area (Å²) in [7, 11) is 0. The van der Waals surface area contributed by atoms with Crippen LogP contribution in [0.1, 0.15) is 30.1 Å². The third-order valence-corrected chi connectivity index (χ3v) is 5.40. The number of amides is 2. The predicted octanol–water partition coefficient (Wildman–Crippen LogP) is 2.56. The average Bonchev–Trinajstić information content (AvgIpc) is 2.90. The molecule has 1 heterocycles. The zero-order valence-corrected chi connectivity index (χ0v) is 13.5. The van der Waals surface area contributed by atoms with Gasteiger partial charge in [0.2, 0.25) is 11.8 Å². The van der Waals surface area contributed by atoms with Gasteiger partial charge in [-0.25, -0.2) is 4.79 Å². The molecule has 5 rings (SSSR count). The quantitative estimate of drug-likeness (QED) is 0.487. The molecular formula is C19H19NO4. The first-order valence-electron chi connectivity index (χ1n) is 8.45. The van der Waals surface area contributed by atoms with Gasteiger partial charge in [-0.05, 0) is 55.9 Å². The molecule has 4 atom stereocenters. The van der Waals surface area contributed by atoms with Crippen molar-refractivity contribution >= 4 is 23.5 Å². The van der Waals surface area contributed by atoms with Crippen molar-refractivity contribution in [3.05, 3.63) is 42.0 Å². The smallest absolute Gasteiger partial charge is 0.338 e. The molecule has 0 N–H and O–H groups in total. The molecule has 2 fully saturated rings. The number of fused-ring (bicyclic) bond motifs is 1. The van der Waals surface area contributed by atoms with Crippen molar-refractivity contribution in [3.8, 4) is 0 Å². The fourth-order valence-electron chi connectivity index (χ4n) is 4.29. The van der Waals surface area contributed by atoms with Gasteiger partial charge in [-0.2, -0.15) is 0 Å². The van der Waals surface area contributed by atoms with Gasteiger partial charge in [0.05, 0.1) is 29.7 Å². The Morgan fingerprint density at radius 3 is 2.04 bits per heavy atom. The Balaban J connectivity index is 1.62. The maximum absolute atomic E-state index is 12.8. The van der Waals surface area contributed by atoms with E-state index in [1.54, 1.807) is 31.2 Å². The van der Waals surface area contributed by atoms with E-state index >= 15 is 0 Å². The highest BCUT2D eigenvalue weighted by Gasteiger charge is 2.56. The van der Waals surface area contributed by atoms with Gasteiger partial charge in [-0.15, -0.1) is 0 Å². The number of imide groups is 1. The molecule has 0 unspecified atom stereocenters. The second-order valence-electron chi connectivity index (χ2n) is 6.62. The molecule has 1 saturated carbocycles. The zero-order valence-electron chi connectivity index (χ0n) is 13.5. The van der Waals surface area contributed by atoms with E-state index in [2.05, 4.69) is 12.2 Å². The van der Waals surface area contributed by atoms with Crippen molar-refractivity contribution in [1.82, 2.24) is 0 Å². The van der Waals surface area contributed by atoms with E-state index in [0.29, 0.717) is 17.9 Å². The first-order chi connectivity index (χ1) is 11.6. The minimum Gasteiger partial charge on any atom is -0.462 e. The van der Waals surface area contributed by atoms with Crippen LogP contribution in [0, 0.1) is 23.7 Å². The van der Waals surface area contributed by atoms with E-state index in [9.17, 15) is 14.4 Å². The summed E-state index contributed by atoms with van der Waals surface area (Å²) < 4.78 is 4.95. The minimum absolute atomic E-state index is 0.104. The predicted molar refractivity (Wildman–Crippen MR) is 87.2 cm³/mol. The summed E-state index contributed by atoms with van der Waals surface area (Å²) >= 11 is 0. The minimum atomic E-state index is -0.404. The fourth-order valence-corrected chi connectivity index (χ4v) is 4.29. The Hall–Kier alpha value is -2.43. The van der Waals surface area contributed by atoms with Crippen LogP contribution in [0.15, 0.2) is 36.4 Å². The van der Waals surface area contributed by atoms with Crippen LogP contribution in [0.3, 0.4) is 0 Å². The third-order valence-electron chi connectivity index (χ3n) is 5.40. The summed E-state index contributed by atoms with van der Waals surface area (Å²) in [5.41, 5.74) is 0.950. The number of ether oxygens (including phenoxy) is 1. The number of hydrogen-bond donors (Lipinski definition) is 0. The maximum Gasteiger partial charge on any atom is 0.338 e. The molecule has 3 aliphatic carbocycles. The maximum atomic E-state index is 12.8. The van der Waals surface area contributed by atoms with Gasteiger partial charge < -0.3 is 4.74 Å². The Labute approximate surface area is 140 Å². The van der Waals surface area contributed by atoms with Crippen molar-refractivity contribution in [2.45, 2.75) is 19.8 Å². The Morgan fingerprint density at radius 1 is 1.04 bits per heavy atom. The Morgan fingerprint density at radius 2 is 1.58 bits per heavy atom. The summed E-state index contributed by atoms with van der Waals surface area (Å²) in [4.78, 5) is 38.7. The van der Waals surface area contributed by atoms with E-state index in [1.165, 1.54) is 4.90 Å². The molecular weight excluding hydrogens is 306 g/mol. The molecule has 1 aromatic rings. The molecule has 4 aliphatic rings. The van der Waals surface area contributed by atoms with Gasteiger partial charge in [0.25, 0.3) is 0 Å². The molecule has 1 aromatic carbocycles. The van der Waals surface area contributed by atoms with Crippen molar-refractivity contribution < 1.29 is 19.1 Å². The summed E-state index contributed by atoms with van der Waals surface area (Å²) in [6.45, 7) is 2.06. The molecule has 2 bridgehead atoms. The Bertz CT molecular complexity index is 704. The van der Waals surface area contributed by atoms with Crippen LogP contribution in [-0.2, 0) is 14.3 Å². The number of carbonyl (C=O) groups excluding carboxylic acids is 3. The van der Waals surface area contributed by atoms with Gasteiger partial charge in [-0.1, -0.05) is 12.2 Å². The third kappa shape index (κ3) is 2.11. The van der Waals surface area contributed by atoms with E-state index in [0.717, 1.165) is 12.8 Å². The molecule has 0 radical (unpaired) electrons. The monoisotopic (exact) mass is 325 g/mol. The van der Waals surface area contributed by atoms with Crippen molar-refractivity contribution in [2.75, 3.05) is 11.5 Å². The lowest BCUT2D eigenvalue weighted by Crippen LogP contribution is -2.38. The van der Waals surface area contributed by atoms with Gasteiger partial charge in [0.15, 0.2) is 0 Å². The number of hydrogen-bond acceptors (Lipinski definition) is 4. The number of esters is 1. The van der Waals surface area contributed by atoms with Gasteiger partial charge in [0.1, 0.15) is 0 Å². The van der Waals surface area contributed by atoms with Crippen molar-refractivity contribution in [2.24, 2.45) is 23.7 Å². The number of allylic oxidation sites excluding steroid dienone is 2. The van der Waals surface area contributed by atoms with Crippen LogP contribution in [-0.4, -0.2) is 24.4 Å². The summed E-state index contributed by atoms with van der Waals surface area (Å²) in [6.07, 6.45) is 6.18. The van der Waals surface area contributed by atoms with Gasteiger partial charge >= 0.3 is 5.97 Å². The van der Waals surface area contributed by atoms with Crippen LogP contribution in [0.25, 0.3) is 0 Å². The number of carbonyl (C=O) groups is 3. The van der Waals surface area contributed by atoms with Crippen molar-refractivity contribution in [3.63, 3.8) is 0 Å². The van der Waals surface area contributed by atoms with Gasteiger partial charge in [-0.3, -0.25) is 14.5 Å². The summed E-state index contributed by atoms with van der Waals surface area (Å²) in [5, 5.41) is 0. The molecule has 5 nitrogen and oxygen atoms in total. The number of benzene rings is 1. The topological polar surface area (TPSA) is 63.7 Å². The molecule has 0 aromatic heterocycles. The number of rotatable bonds is 3. The molecule has 0 spiro atoms. The number of nitrogens with zero attached hydrogens (tertiary/aromatic N) is 1. The highest BCUT2D eigenvalue weighted by atomic mass is 16.5. The summed E-state index contributed by atoms with van der Waals surface area (Å²) in [6, 6.07) is 6.49. The highest BCUT2D eigenvalue weighted by molar-refractivity contribution is 6.22. The lowest BCUT2D eigenvalue weighted by molar-refractivity contribution is -0.124. The molecule has 1 saturated heterocycles. The van der Waals surface area contributed by atoms with Crippen LogP contribution >= 0.6 is 0 Å². The lowest BCUT2D eigenvalue weighted by Gasteiger charge is -2.38. The van der Waals surface area contributed by atoms with Crippen molar-refractivity contribution in [1.29, 1.82) is 0 Å². The van der Waals surface area contributed by atoms with E-state index < -0.39 is 5.97 Å². The molecule has 5 heteroatoms. The zero-order chi connectivity index (χ0) is 16.8. The highest BCUT2D eigenvalue weighted by Crippen LogP contribution is 2.50. The number of anilines is 1. The standard InChI is InChI=1S/C19H19NO4/c1-2-24-19(23)13-7-9-14(10-8-13)20-17(21)15-11-3-4-12(6-5-11)16(15)18(20)22/h3-4,7-12,15-16H,2,5-6H2,1H3/t11-,12+,15-,16-/m0/s1. The SMILES string of the molecule is CCOC(=O)c1ccc(N2C(=O)[C@@H]3[C@@H](C2=O)[C@H]2C=C[C@@H]3CC2)cc1. The summed E-state index contributed by atoms with van der Waals surface area (Å²) in [5.74, 6) is -0.683. The largest absolute Gasteiger partial charge is 0.462 e. The second-order valence-corrected chi connectivity index (χ2v) is 6.62. The Kier molecular flexibility index (Phi) is 3.52. The normalized spacial score (nSPS) is 30.6. The van der Waals surface area contributed by atoms with Crippen LogP contribution in [0.5, 0.6) is 0 Å². The fraction of sp³-hybridized carbons (Fsp3) is 0.421.